The summed E-state index contributed by atoms with van der Waals surface area (Å²) in [5.74, 6) is 0.120. The Balaban J connectivity index is 1.49. The highest BCUT2D eigenvalue weighted by Crippen LogP contribution is 2.47. The maximum atomic E-state index is 14.1. The van der Waals surface area contributed by atoms with E-state index in [-0.39, 0.29) is 19.2 Å². The summed E-state index contributed by atoms with van der Waals surface area (Å²) in [6.07, 6.45) is 2.90. The van der Waals surface area contributed by atoms with E-state index >= 15 is 0 Å². The van der Waals surface area contributed by atoms with Crippen molar-refractivity contribution in [1.29, 1.82) is 0 Å². The molecule has 5 rings (SSSR count). The number of nitrogens with zero attached hydrogens (tertiary/aromatic N) is 2. The zero-order valence-corrected chi connectivity index (χ0v) is 26.2. The van der Waals surface area contributed by atoms with Gasteiger partial charge in [-0.3, -0.25) is 14.5 Å². The average Bonchev–Trinajstić information content (AvgIpc) is 3.68. The molecule has 0 spiro atoms. The Kier molecular flexibility index (Phi) is 10.5. The van der Waals surface area contributed by atoms with Crippen molar-refractivity contribution in [2.24, 2.45) is 11.7 Å². The molecule has 3 atom stereocenters. The first-order valence-corrected chi connectivity index (χ1v) is 15.5. The van der Waals surface area contributed by atoms with Crippen LogP contribution in [0, 0.1) is 5.92 Å². The Morgan fingerprint density at radius 1 is 1.04 bits per heavy atom. The highest BCUT2D eigenvalue weighted by atomic mass is 16.7. The van der Waals surface area contributed by atoms with E-state index in [1.165, 1.54) is 0 Å². The quantitative estimate of drug-likeness (QED) is 0.262. The number of benzene rings is 3. The summed E-state index contributed by atoms with van der Waals surface area (Å²) >= 11 is 0. The number of fused-ring (bicyclic) bond motifs is 1. The summed E-state index contributed by atoms with van der Waals surface area (Å²) in [5, 5.41) is 10.7. The molecule has 1 saturated heterocycles. The normalized spacial score (nSPS) is 19.0. The molecule has 2 heterocycles. The van der Waals surface area contributed by atoms with Gasteiger partial charge in [-0.1, -0.05) is 43.7 Å². The predicted molar refractivity (Wildman–Crippen MR) is 171 cm³/mol. The average molecular weight is 618 g/mol. The molecule has 0 aliphatic carbocycles. The fourth-order valence-electron chi connectivity index (χ4n) is 6.59. The first kappa shape index (κ1) is 32.1. The smallest absolute Gasteiger partial charge is 0.308 e. The fraction of sp³-hybridized carbons (Fsp3) is 0.429. The van der Waals surface area contributed by atoms with Crippen molar-refractivity contribution in [3.05, 3.63) is 77.4 Å². The second kappa shape index (κ2) is 14.7. The van der Waals surface area contributed by atoms with Gasteiger partial charge < -0.3 is 34.7 Å². The highest BCUT2D eigenvalue weighted by molar-refractivity contribution is 5.95. The topological polar surface area (TPSA) is 124 Å². The van der Waals surface area contributed by atoms with E-state index in [0.717, 1.165) is 41.0 Å². The number of hydrogen-bond acceptors (Lipinski definition) is 8. The molecule has 1 amide bonds. The number of likely N-dealkylation sites (tertiary alicyclic amines) is 1. The van der Waals surface area contributed by atoms with Crippen LogP contribution in [-0.2, 0) is 22.6 Å². The first-order chi connectivity index (χ1) is 21.9. The third-order valence-corrected chi connectivity index (χ3v) is 8.88. The molecule has 0 radical (unpaired) electrons. The number of hydrogen-bond donors (Lipinski definition) is 2. The molecular weight excluding hydrogens is 574 g/mol. The lowest BCUT2D eigenvalue weighted by Crippen LogP contribution is -2.44. The molecule has 0 aromatic heterocycles. The van der Waals surface area contributed by atoms with Crippen LogP contribution in [-0.4, -0.2) is 68.6 Å². The number of carboxylic acid groups (broad SMARTS) is 1. The van der Waals surface area contributed by atoms with E-state index < -0.39 is 23.8 Å². The van der Waals surface area contributed by atoms with Crippen LogP contribution in [0.3, 0.4) is 0 Å². The molecule has 10 heteroatoms. The maximum Gasteiger partial charge on any atom is 0.308 e. The Bertz CT molecular complexity index is 1500. The number of amides is 1. The second-order valence-electron chi connectivity index (χ2n) is 11.5. The molecule has 1 fully saturated rings. The summed E-state index contributed by atoms with van der Waals surface area (Å²) in [5.41, 5.74) is 9.43. The predicted octanol–water partition coefficient (Wildman–Crippen LogP) is 4.83. The van der Waals surface area contributed by atoms with Crippen LogP contribution in [0.5, 0.6) is 23.0 Å². The number of carbonyl (C=O) groups excluding carboxylic acids is 1. The van der Waals surface area contributed by atoms with Gasteiger partial charge in [-0.2, -0.15) is 0 Å². The molecule has 0 saturated carbocycles. The minimum Gasteiger partial charge on any atom is -0.496 e. The monoisotopic (exact) mass is 617 g/mol. The molecule has 3 aromatic rings. The van der Waals surface area contributed by atoms with E-state index in [1.54, 1.807) is 14.2 Å². The number of unbranched alkanes of at least 4 members (excludes halogenated alkanes) is 1. The number of carboxylic acids is 1. The van der Waals surface area contributed by atoms with Gasteiger partial charge in [0.05, 0.1) is 26.7 Å². The zero-order chi connectivity index (χ0) is 31.9. The van der Waals surface area contributed by atoms with Crippen LogP contribution >= 0.6 is 0 Å². The Hall–Kier alpha value is -4.28. The first-order valence-electron chi connectivity index (χ1n) is 15.5. The molecule has 2 aliphatic rings. The molecule has 0 unspecified atom stereocenters. The summed E-state index contributed by atoms with van der Waals surface area (Å²) < 4.78 is 22.4. The number of ether oxygens (including phenoxy) is 4. The van der Waals surface area contributed by atoms with E-state index in [0.29, 0.717) is 49.7 Å². The summed E-state index contributed by atoms with van der Waals surface area (Å²) in [6.45, 7) is 3.57. The van der Waals surface area contributed by atoms with E-state index in [1.807, 2.05) is 70.5 Å². The van der Waals surface area contributed by atoms with Gasteiger partial charge in [0.25, 0.3) is 0 Å². The molecule has 0 bridgehead atoms. The lowest BCUT2D eigenvalue weighted by molar-refractivity contribution is -0.143. The van der Waals surface area contributed by atoms with Crippen LogP contribution in [0.25, 0.3) is 0 Å². The zero-order valence-electron chi connectivity index (χ0n) is 26.2. The van der Waals surface area contributed by atoms with Crippen molar-refractivity contribution in [3.8, 4) is 23.0 Å². The minimum atomic E-state index is -0.907. The third-order valence-electron chi connectivity index (χ3n) is 8.88. The SMILES string of the molecule is CCCCN(C(=O)CN1C[C@H](c2cc(OC)c3c(c2)OCO3)[C@@H](C(=O)O)[C@@H]1CCc1ccccc1OC)c1cccc(CN)c1. The number of para-hydroxylation sites is 1. The third kappa shape index (κ3) is 7.02. The number of anilines is 1. The van der Waals surface area contributed by atoms with Crippen LogP contribution in [0.4, 0.5) is 5.69 Å². The standard InChI is InChI=1S/C35H43N3O7/c1-4-5-15-38(26-11-8-9-23(16-26)19-36)32(39)21-37-20-27(25-17-30(43-3)34-31(18-25)44-22-45-34)33(35(40)41)28(37)14-13-24-10-6-7-12-29(24)42-2/h6-12,16-18,27-28,33H,4-5,13-15,19-22,36H2,1-3H3,(H,40,41)/t27-,28+,33-/m1/s1. The molecule has 240 valence electrons. The molecule has 3 aromatic carbocycles. The van der Waals surface area contributed by atoms with E-state index in [2.05, 4.69) is 6.92 Å². The van der Waals surface area contributed by atoms with Gasteiger partial charge in [-0.05, 0) is 66.3 Å². The molecule has 2 aliphatic heterocycles. The van der Waals surface area contributed by atoms with Gasteiger partial charge in [-0.25, -0.2) is 0 Å². The van der Waals surface area contributed by atoms with Gasteiger partial charge in [-0.15, -0.1) is 0 Å². The van der Waals surface area contributed by atoms with Gasteiger partial charge in [0.1, 0.15) is 5.75 Å². The Labute approximate surface area is 264 Å². The number of carbonyl (C=O) groups is 2. The minimum absolute atomic E-state index is 0.0727. The summed E-state index contributed by atoms with van der Waals surface area (Å²) in [4.78, 5) is 31.1. The number of rotatable bonds is 14. The van der Waals surface area contributed by atoms with Crippen LogP contribution < -0.4 is 29.6 Å². The lowest BCUT2D eigenvalue weighted by atomic mass is 9.83. The molecule has 45 heavy (non-hydrogen) atoms. The maximum absolute atomic E-state index is 14.1. The van der Waals surface area contributed by atoms with Crippen molar-refractivity contribution >= 4 is 17.6 Å². The van der Waals surface area contributed by atoms with Crippen LogP contribution in [0.1, 0.15) is 48.8 Å². The summed E-state index contributed by atoms with van der Waals surface area (Å²) in [7, 11) is 3.18. The van der Waals surface area contributed by atoms with Crippen molar-refractivity contribution in [1.82, 2.24) is 4.90 Å². The number of aliphatic carboxylic acids is 1. The Morgan fingerprint density at radius 2 is 1.84 bits per heavy atom. The number of aryl methyl sites for hydroxylation is 1. The van der Waals surface area contributed by atoms with Gasteiger partial charge in [0, 0.05) is 37.3 Å². The highest BCUT2D eigenvalue weighted by Gasteiger charge is 2.47. The van der Waals surface area contributed by atoms with Crippen molar-refractivity contribution in [2.75, 3.05) is 45.5 Å². The molecule has 3 N–H and O–H groups in total. The fourth-order valence-corrected chi connectivity index (χ4v) is 6.59. The Morgan fingerprint density at radius 3 is 2.58 bits per heavy atom. The summed E-state index contributed by atoms with van der Waals surface area (Å²) in [6, 6.07) is 18.8. The van der Waals surface area contributed by atoms with Gasteiger partial charge in [0.15, 0.2) is 11.5 Å². The van der Waals surface area contributed by atoms with Gasteiger partial charge in [0.2, 0.25) is 18.4 Å². The number of methoxy groups -OCH3 is 2. The van der Waals surface area contributed by atoms with Crippen molar-refractivity contribution in [2.45, 2.75) is 51.1 Å². The van der Waals surface area contributed by atoms with E-state index in [9.17, 15) is 14.7 Å². The van der Waals surface area contributed by atoms with E-state index in [4.69, 9.17) is 24.7 Å². The molecular formula is C35H43N3O7. The van der Waals surface area contributed by atoms with Crippen molar-refractivity contribution in [3.63, 3.8) is 0 Å². The number of nitrogens with two attached hydrogens (primary N) is 1. The van der Waals surface area contributed by atoms with Crippen molar-refractivity contribution < 1.29 is 33.6 Å². The largest absolute Gasteiger partial charge is 0.496 e. The van der Waals surface area contributed by atoms with Gasteiger partial charge >= 0.3 is 5.97 Å². The molecule has 10 nitrogen and oxygen atoms in total. The van der Waals surface area contributed by atoms with Crippen LogP contribution in [0.2, 0.25) is 0 Å². The second-order valence-corrected chi connectivity index (χ2v) is 11.5. The van der Waals surface area contributed by atoms with Crippen LogP contribution in [0.15, 0.2) is 60.7 Å². The lowest BCUT2D eigenvalue weighted by Gasteiger charge is -2.30.